The maximum absolute atomic E-state index is 11.5. The van der Waals surface area contributed by atoms with E-state index in [4.69, 9.17) is 0 Å². The fourth-order valence-corrected chi connectivity index (χ4v) is 1.56. The zero-order valence-electron chi connectivity index (χ0n) is 10.4. The van der Waals surface area contributed by atoms with Crippen molar-refractivity contribution >= 4 is 5.91 Å². The number of hydrogen-bond acceptors (Lipinski definition) is 2. The first-order valence-electron chi connectivity index (χ1n) is 6.02. The maximum Gasteiger partial charge on any atom is 0.222 e. The Morgan fingerprint density at radius 3 is 2.13 bits per heavy atom. The fraction of sp³-hybridized carbons (Fsp3) is 0.917. The standard InChI is InChI=1S/C12H25NO2/c1-5-9(4)12(15)13-8-11(14)10(6-2)7-3/h9-11,14H,5-8H2,1-4H3,(H,13,15). The van der Waals surface area contributed by atoms with Gasteiger partial charge in [0.15, 0.2) is 0 Å². The summed E-state index contributed by atoms with van der Waals surface area (Å²) < 4.78 is 0. The lowest BCUT2D eigenvalue weighted by Gasteiger charge is -2.21. The van der Waals surface area contributed by atoms with Crippen molar-refractivity contribution in [3.05, 3.63) is 0 Å². The van der Waals surface area contributed by atoms with Gasteiger partial charge in [-0.2, -0.15) is 0 Å². The summed E-state index contributed by atoms with van der Waals surface area (Å²) in [5.41, 5.74) is 0. The highest BCUT2D eigenvalue weighted by molar-refractivity contribution is 5.78. The first-order chi connectivity index (χ1) is 7.06. The van der Waals surface area contributed by atoms with Crippen molar-refractivity contribution in [2.75, 3.05) is 6.54 Å². The molecule has 0 aromatic heterocycles. The summed E-state index contributed by atoms with van der Waals surface area (Å²) in [6, 6.07) is 0. The molecule has 0 fully saturated rings. The van der Waals surface area contributed by atoms with E-state index in [0.717, 1.165) is 19.3 Å². The lowest BCUT2D eigenvalue weighted by atomic mass is 9.96. The molecular weight excluding hydrogens is 190 g/mol. The van der Waals surface area contributed by atoms with Crippen molar-refractivity contribution in [3.8, 4) is 0 Å². The van der Waals surface area contributed by atoms with Gasteiger partial charge in [-0.25, -0.2) is 0 Å². The Kier molecular flexibility index (Phi) is 7.39. The van der Waals surface area contributed by atoms with Gasteiger partial charge in [-0.1, -0.05) is 40.5 Å². The number of carbonyl (C=O) groups excluding carboxylic acids is 1. The van der Waals surface area contributed by atoms with Gasteiger partial charge in [-0.15, -0.1) is 0 Å². The zero-order valence-corrected chi connectivity index (χ0v) is 10.4. The van der Waals surface area contributed by atoms with Crippen LogP contribution in [0, 0.1) is 11.8 Å². The molecule has 0 rings (SSSR count). The van der Waals surface area contributed by atoms with E-state index in [9.17, 15) is 9.90 Å². The van der Waals surface area contributed by atoms with Gasteiger partial charge >= 0.3 is 0 Å². The van der Waals surface area contributed by atoms with Crippen LogP contribution < -0.4 is 5.32 Å². The number of amides is 1. The summed E-state index contributed by atoms with van der Waals surface area (Å²) in [4.78, 5) is 11.5. The number of aliphatic hydroxyl groups excluding tert-OH is 1. The van der Waals surface area contributed by atoms with Crippen LogP contribution in [0.4, 0.5) is 0 Å². The first-order valence-corrected chi connectivity index (χ1v) is 6.02. The van der Waals surface area contributed by atoms with E-state index in [2.05, 4.69) is 19.2 Å². The second-order valence-electron chi connectivity index (χ2n) is 4.20. The molecule has 2 unspecified atom stereocenters. The Bertz CT molecular complexity index is 178. The van der Waals surface area contributed by atoms with Crippen molar-refractivity contribution in [3.63, 3.8) is 0 Å². The van der Waals surface area contributed by atoms with Gasteiger partial charge < -0.3 is 10.4 Å². The summed E-state index contributed by atoms with van der Waals surface area (Å²) in [6.07, 6.45) is 2.34. The quantitative estimate of drug-likeness (QED) is 0.682. The van der Waals surface area contributed by atoms with Crippen LogP contribution in [0.1, 0.15) is 47.0 Å². The number of aliphatic hydroxyl groups is 1. The molecule has 0 saturated heterocycles. The average molecular weight is 215 g/mol. The number of carbonyl (C=O) groups is 1. The molecule has 2 N–H and O–H groups in total. The third-order valence-corrected chi connectivity index (χ3v) is 3.14. The number of nitrogens with one attached hydrogen (secondary N) is 1. The molecule has 0 aromatic carbocycles. The smallest absolute Gasteiger partial charge is 0.222 e. The maximum atomic E-state index is 11.5. The highest BCUT2D eigenvalue weighted by atomic mass is 16.3. The van der Waals surface area contributed by atoms with E-state index >= 15 is 0 Å². The normalized spacial score (nSPS) is 15.1. The van der Waals surface area contributed by atoms with Crippen LogP contribution in [0.15, 0.2) is 0 Å². The Labute approximate surface area is 93.3 Å². The van der Waals surface area contributed by atoms with Gasteiger partial charge in [-0.05, 0) is 12.3 Å². The van der Waals surface area contributed by atoms with Crippen molar-refractivity contribution < 1.29 is 9.90 Å². The average Bonchev–Trinajstić information content (AvgIpc) is 2.26. The van der Waals surface area contributed by atoms with Crippen LogP contribution in [-0.2, 0) is 4.79 Å². The first kappa shape index (κ1) is 14.4. The van der Waals surface area contributed by atoms with Crippen molar-refractivity contribution in [2.24, 2.45) is 11.8 Å². The molecule has 0 bridgehead atoms. The van der Waals surface area contributed by atoms with Crippen molar-refractivity contribution in [1.29, 1.82) is 0 Å². The second-order valence-corrected chi connectivity index (χ2v) is 4.20. The Morgan fingerprint density at radius 1 is 1.20 bits per heavy atom. The van der Waals surface area contributed by atoms with Gasteiger partial charge in [0, 0.05) is 12.5 Å². The van der Waals surface area contributed by atoms with E-state index in [1.807, 2.05) is 13.8 Å². The molecule has 0 radical (unpaired) electrons. The Hall–Kier alpha value is -0.570. The van der Waals surface area contributed by atoms with E-state index in [1.54, 1.807) is 0 Å². The Morgan fingerprint density at radius 2 is 1.73 bits per heavy atom. The van der Waals surface area contributed by atoms with E-state index in [-0.39, 0.29) is 11.8 Å². The molecule has 3 heteroatoms. The summed E-state index contributed by atoms with van der Waals surface area (Å²) in [6.45, 7) is 8.40. The van der Waals surface area contributed by atoms with E-state index in [1.165, 1.54) is 0 Å². The molecule has 3 nitrogen and oxygen atoms in total. The summed E-state index contributed by atoms with van der Waals surface area (Å²) >= 11 is 0. The third kappa shape index (κ3) is 5.17. The van der Waals surface area contributed by atoms with Gasteiger partial charge in [0.05, 0.1) is 6.10 Å². The number of rotatable bonds is 7. The highest BCUT2D eigenvalue weighted by Gasteiger charge is 2.17. The lowest BCUT2D eigenvalue weighted by molar-refractivity contribution is -0.125. The topological polar surface area (TPSA) is 49.3 Å². The van der Waals surface area contributed by atoms with Gasteiger partial charge in [0.2, 0.25) is 5.91 Å². The summed E-state index contributed by atoms with van der Waals surface area (Å²) in [5.74, 6) is 0.378. The van der Waals surface area contributed by atoms with E-state index in [0.29, 0.717) is 12.5 Å². The molecule has 90 valence electrons. The molecule has 0 saturated carbocycles. The van der Waals surface area contributed by atoms with Crippen LogP contribution in [-0.4, -0.2) is 23.7 Å². The lowest BCUT2D eigenvalue weighted by Crippen LogP contribution is -2.38. The Balaban J connectivity index is 3.88. The SMILES string of the molecule is CCC(C)C(=O)NCC(O)C(CC)CC. The molecule has 0 spiro atoms. The molecular formula is C12H25NO2. The van der Waals surface area contributed by atoms with E-state index < -0.39 is 6.10 Å². The molecule has 0 aromatic rings. The molecule has 0 aliphatic heterocycles. The third-order valence-electron chi connectivity index (χ3n) is 3.14. The second kappa shape index (κ2) is 7.69. The molecule has 0 aliphatic carbocycles. The zero-order chi connectivity index (χ0) is 11.8. The van der Waals surface area contributed by atoms with Crippen LogP contribution in [0.2, 0.25) is 0 Å². The largest absolute Gasteiger partial charge is 0.391 e. The minimum absolute atomic E-state index is 0.0407. The molecule has 0 aliphatic rings. The number of hydrogen-bond donors (Lipinski definition) is 2. The van der Waals surface area contributed by atoms with Gasteiger partial charge in [0.1, 0.15) is 0 Å². The van der Waals surface area contributed by atoms with Crippen LogP contribution >= 0.6 is 0 Å². The minimum atomic E-state index is -0.409. The monoisotopic (exact) mass is 215 g/mol. The molecule has 2 atom stereocenters. The molecule has 1 amide bonds. The molecule has 15 heavy (non-hydrogen) atoms. The van der Waals surface area contributed by atoms with Crippen molar-refractivity contribution in [1.82, 2.24) is 5.32 Å². The van der Waals surface area contributed by atoms with Gasteiger partial charge in [-0.3, -0.25) is 4.79 Å². The summed E-state index contributed by atoms with van der Waals surface area (Å²) in [5, 5.41) is 12.6. The fourth-order valence-electron chi connectivity index (χ4n) is 1.56. The van der Waals surface area contributed by atoms with Crippen LogP contribution in [0.5, 0.6) is 0 Å². The van der Waals surface area contributed by atoms with Crippen LogP contribution in [0.3, 0.4) is 0 Å². The van der Waals surface area contributed by atoms with Gasteiger partial charge in [0.25, 0.3) is 0 Å². The van der Waals surface area contributed by atoms with Crippen molar-refractivity contribution in [2.45, 2.75) is 53.1 Å². The predicted octanol–water partition coefficient (Wildman–Crippen LogP) is 1.95. The minimum Gasteiger partial charge on any atom is -0.391 e. The van der Waals surface area contributed by atoms with Crippen LogP contribution in [0.25, 0.3) is 0 Å². The highest BCUT2D eigenvalue weighted by Crippen LogP contribution is 2.12. The summed E-state index contributed by atoms with van der Waals surface area (Å²) in [7, 11) is 0. The molecule has 0 heterocycles. The predicted molar refractivity (Wildman–Crippen MR) is 62.5 cm³/mol.